The summed E-state index contributed by atoms with van der Waals surface area (Å²) in [4.78, 5) is 0. The van der Waals surface area contributed by atoms with Crippen LogP contribution in [-0.2, 0) is 0 Å². The highest BCUT2D eigenvalue weighted by Crippen LogP contribution is 2.47. The Morgan fingerprint density at radius 2 is 0.362 bits per heavy atom. The molecule has 0 nitrogen and oxygen atoms in total. The van der Waals surface area contributed by atoms with Gasteiger partial charge in [-0.1, -0.05) is 194 Å². The Labute approximate surface area is 336 Å². The summed E-state index contributed by atoms with van der Waals surface area (Å²) in [7, 11) is 0. The van der Waals surface area contributed by atoms with Crippen molar-refractivity contribution in [2.75, 3.05) is 0 Å². The molecule has 12 aromatic rings. The van der Waals surface area contributed by atoms with Crippen LogP contribution >= 0.6 is 0 Å². The molecule has 0 N–H and O–H groups in total. The van der Waals surface area contributed by atoms with E-state index in [-0.39, 0.29) is 0 Å². The van der Waals surface area contributed by atoms with Gasteiger partial charge >= 0.3 is 0 Å². The van der Waals surface area contributed by atoms with Gasteiger partial charge in [0.05, 0.1) is 0 Å². The largest absolute Gasteiger partial charge is 0.0616 e. The van der Waals surface area contributed by atoms with E-state index in [1.165, 1.54) is 120 Å². The first kappa shape index (κ1) is 32.7. The van der Waals surface area contributed by atoms with E-state index in [1.54, 1.807) is 0 Å². The minimum atomic E-state index is 1.24. The highest BCUT2D eigenvalue weighted by molar-refractivity contribution is 6.25. The minimum absolute atomic E-state index is 1.24. The molecule has 0 aliphatic rings. The van der Waals surface area contributed by atoms with Crippen molar-refractivity contribution in [3.05, 3.63) is 218 Å². The first-order valence-corrected chi connectivity index (χ1v) is 20.2. The van der Waals surface area contributed by atoms with E-state index in [2.05, 4.69) is 218 Å². The van der Waals surface area contributed by atoms with Crippen molar-refractivity contribution < 1.29 is 0 Å². The topological polar surface area (TPSA) is 0 Å². The summed E-state index contributed by atoms with van der Waals surface area (Å²) in [6.45, 7) is 0. The van der Waals surface area contributed by atoms with Gasteiger partial charge in [-0.2, -0.15) is 0 Å². The lowest BCUT2D eigenvalue weighted by atomic mass is 9.83. The fraction of sp³-hybridized carbons (Fsp3) is 0. The van der Waals surface area contributed by atoms with Crippen molar-refractivity contribution in [3.63, 3.8) is 0 Å². The average Bonchev–Trinajstić information content (AvgIpc) is 3.30. The Morgan fingerprint density at radius 1 is 0.138 bits per heavy atom. The Balaban J connectivity index is 1.14. The third-order valence-electron chi connectivity index (χ3n) is 12.4. The van der Waals surface area contributed by atoms with Crippen molar-refractivity contribution in [2.45, 2.75) is 0 Å². The van der Waals surface area contributed by atoms with Crippen LogP contribution in [0.4, 0.5) is 0 Å². The van der Waals surface area contributed by atoms with Crippen LogP contribution in [-0.4, -0.2) is 0 Å². The van der Waals surface area contributed by atoms with Gasteiger partial charge in [-0.05, 0) is 144 Å². The molecule has 0 bridgehead atoms. The number of fused-ring (bicyclic) bond motifs is 11. The maximum absolute atomic E-state index is 2.47. The van der Waals surface area contributed by atoms with Crippen LogP contribution in [0.25, 0.3) is 120 Å². The van der Waals surface area contributed by atoms with Crippen molar-refractivity contribution in [1.82, 2.24) is 0 Å². The van der Waals surface area contributed by atoms with Crippen LogP contribution in [0.2, 0.25) is 0 Å². The van der Waals surface area contributed by atoms with Crippen LogP contribution < -0.4 is 0 Å². The van der Waals surface area contributed by atoms with Crippen LogP contribution in [0.15, 0.2) is 218 Å². The SMILES string of the molecule is c1ccc(-c2cc3c4ccccc4c(-c4ccccc4-c4cc5ccccc5c5ccccc45)cc3c3ccccc23)c(-c2cc3ccccc3c3ccccc23)c1. The molecule has 0 aromatic heterocycles. The second kappa shape index (κ2) is 13.0. The molecule has 0 fully saturated rings. The third kappa shape index (κ3) is 4.95. The van der Waals surface area contributed by atoms with Crippen LogP contribution in [0.5, 0.6) is 0 Å². The summed E-state index contributed by atoms with van der Waals surface area (Å²) in [5.41, 5.74) is 9.97. The molecular formula is C58H36. The maximum atomic E-state index is 2.47. The van der Waals surface area contributed by atoms with Crippen LogP contribution in [0.1, 0.15) is 0 Å². The Kier molecular flexibility index (Phi) is 7.33. The van der Waals surface area contributed by atoms with E-state index < -0.39 is 0 Å². The second-order valence-electron chi connectivity index (χ2n) is 15.5. The normalized spacial score (nSPS) is 11.8. The minimum Gasteiger partial charge on any atom is -0.0616 e. The summed E-state index contributed by atoms with van der Waals surface area (Å²) in [6.07, 6.45) is 0. The van der Waals surface area contributed by atoms with Crippen LogP contribution in [0, 0.1) is 0 Å². The molecule has 0 heterocycles. The molecule has 268 valence electrons. The standard InChI is InChI=1S/C58H36/c1-3-19-39-37(17-1)33-53(43-23-7-5-21-41(39)43)45-25-9-11-27-47(45)55-35-57-52-32-16-14-30-50(52)56(36-58(57)51-31-15-13-29-49(51)55)48-28-12-10-26-46(48)54-34-38-18-2-4-20-40(38)42-22-6-8-24-44(42)54/h1-36H. The lowest BCUT2D eigenvalue weighted by Crippen LogP contribution is -1.93. The number of benzene rings is 12. The first-order valence-electron chi connectivity index (χ1n) is 20.2. The molecule has 0 radical (unpaired) electrons. The van der Waals surface area contributed by atoms with Crippen LogP contribution in [0.3, 0.4) is 0 Å². The summed E-state index contributed by atoms with van der Waals surface area (Å²) in [5.74, 6) is 0. The number of rotatable bonds is 4. The Morgan fingerprint density at radius 3 is 0.690 bits per heavy atom. The van der Waals surface area contributed by atoms with Gasteiger partial charge in [0.15, 0.2) is 0 Å². The summed E-state index contributed by atoms with van der Waals surface area (Å²) in [6, 6.07) is 81.0. The summed E-state index contributed by atoms with van der Waals surface area (Å²) < 4.78 is 0. The van der Waals surface area contributed by atoms with E-state index in [0.717, 1.165) is 0 Å². The average molecular weight is 733 g/mol. The molecule has 12 aromatic carbocycles. The highest BCUT2D eigenvalue weighted by atomic mass is 14.2. The molecule has 58 heavy (non-hydrogen) atoms. The zero-order valence-corrected chi connectivity index (χ0v) is 31.8. The van der Waals surface area contributed by atoms with Gasteiger partial charge in [0.2, 0.25) is 0 Å². The zero-order valence-electron chi connectivity index (χ0n) is 31.8. The predicted octanol–water partition coefficient (Wildman–Crippen LogP) is 16.4. The van der Waals surface area contributed by atoms with Gasteiger partial charge < -0.3 is 0 Å². The number of hydrogen-bond donors (Lipinski definition) is 0. The molecule has 0 atom stereocenters. The molecule has 0 aliphatic carbocycles. The predicted molar refractivity (Wildman–Crippen MR) is 251 cm³/mol. The quantitative estimate of drug-likeness (QED) is 0.158. The fourth-order valence-corrected chi connectivity index (χ4v) is 9.86. The lowest BCUT2D eigenvalue weighted by Gasteiger charge is -2.20. The third-order valence-corrected chi connectivity index (χ3v) is 12.4. The van der Waals surface area contributed by atoms with Crippen molar-refractivity contribution >= 4 is 75.4 Å². The molecule has 0 saturated heterocycles. The van der Waals surface area contributed by atoms with E-state index in [9.17, 15) is 0 Å². The van der Waals surface area contributed by atoms with Gasteiger partial charge in [-0.3, -0.25) is 0 Å². The van der Waals surface area contributed by atoms with Gasteiger partial charge in [0.25, 0.3) is 0 Å². The highest BCUT2D eigenvalue weighted by Gasteiger charge is 2.20. The van der Waals surface area contributed by atoms with E-state index in [4.69, 9.17) is 0 Å². The van der Waals surface area contributed by atoms with Gasteiger partial charge in [-0.25, -0.2) is 0 Å². The molecular weight excluding hydrogens is 697 g/mol. The summed E-state index contributed by atoms with van der Waals surface area (Å²) in [5, 5.41) is 17.7. The molecule has 0 amide bonds. The molecule has 12 rings (SSSR count). The zero-order chi connectivity index (χ0) is 38.2. The second-order valence-corrected chi connectivity index (χ2v) is 15.5. The summed E-state index contributed by atoms with van der Waals surface area (Å²) >= 11 is 0. The fourth-order valence-electron chi connectivity index (χ4n) is 9.86. The smallest absolute Gasteiger partial charge is 0.00923 e. The first-order chi connectivity index (χ1) is 28.8. The van der Waals surface area contributed by atoms with Gasteiger partial charge in [-0.15, -0.1) is 0 Å². The molecule has 0 spiro atoms. The monoisotopic (exact) mass is 732 g/mol. The maximum Gasteiger partial charge on any atom is -0.00923 e. The van der Waals surface area contributed by atoms with Crippen molar-refractivity contribution in [3.8, 4) is 44.5 Å². The van der Waals surface area contributed by atoms with Gasteiger partial charge in [0.1, 0.15) is 0 Å². The lowest BCUT2D eigenvalue weighted by molar-refractivity contribution is 1.63. The van der Waals surface area contributed by atoms with Crippen molar-refractivity contribution in [1.29, 1.82) is 0 Å². The van der Waals surface area contributed by atoms with Gasteiger partial charge in [0, 0.05) is 0 Å². The Hall–Kier alpha value is -7.54. The van der Waals surface area contributed by atoms with E-state index in [1.807, 2.05) is 0 Å². The molecule has 0 heteroatoms. The number of hydrogen-bond acceptors (Lipinski definition) is 0. The molecule has 0 aliphatic heterocycles. The molecule has 0 saturated carbocycles. The Bertz CT molecular complexity index is 3380. The molecule has 0 unspecified atom stereocenters. The van der Waals surface area contributed by atoms with Crippen molar-refractivity contribution in [2.24, 2.45) is 0 Å². The van der Waals surface area contributed by atoms with E-state index in [0.29, 0.717) is 0 Å². The van der Waals surface area contributed by atoms with E-state index >= 15 is 0 Å².